The smallest absolute Gasteiger partial charge is 0.0366 e. The number of anilines is 1. The van der Waals surface area contributed by atoms with Crippen molar-refractivity contribution in [2.45, 2.75) is 20.3 Å². The van der Waals surface area contributed by atoms with E-state index in [1.165, 1.54) is 84.4 Å². The third-order valence-corrected chi connectivity index (χ3v) is 11.0. The second-order valence-electron chi connectivity index (χ2n) is 9.25. The van der Waals surface area contributed by atoms with Gasteiger partial charge in [-0.15, -0.1) is 0 Å². The molecule has 0 radical (unpaired) electrons. The molecule has 0 aliphatic rings. The number of thioether (sulfide) groups is 4. The van der Waals surface area contributed by atoms with Crippen molar-refractivity contribution >= 4 is 74.3 Å². The van der Waals surface area contributed by atoms with Crippen LogP contribution in [0.2, 0.25) is 0 Å². The molecule has 0 bridgehead atoms. The van der Waals surface area contributed by atoms with Gasteiger partial charge in [-0.2, -0.15) is 47.0 Å². The van der Waals surface area contributed by atoms with Gasteiger partial charge in [0.2, 0.25) is 0 Å². The van der Waals surface area contributed by atoms with E-state index in [-0.39, 0.29) is 0 Å². The van der Waals surface area contributed by atoms with Gasteiger partial charge in [-0.3, -0.25) is 0 Å². The highest BCUT2D eigenvalue weighted by Crippen LogP contribution is 2.31. The molecule has 38 heavy (non-hydrogen) atoms. The van der Waals surface area contributed by atoms with Gasteiger partial charge in [0.25, 0.3) is 0 Å². The van der Waals surface area contributed by atoms with Gasteiger partial charge in [-0.05, 0) is 68.8 Å². The van der Waals surface area contributed by atoms with Crippen LogP contribution in [0.15, 0.2) is 78.9 Å². The van der Waals surface area contributed by atoms with Gasteiger partial charge < -0.3 is 4.90 Å². The molecule has 0 N–H and O–H groups in total. The van der Waals surface area contributed by atoms with E-state index in [1.54, 1.807) is 0 Å². The summed E-state index contributed by atoms with van der Waals surface area (Å²) in [4.78, 5) is 2.61. The Labute approximate surface area is 247 Å². The third-order valence-electron chi connectivity index (χ3n) is 6.73. The highest BCUT2D eigenvalue weighted by molar-refractivity contribution is 8.03. The molecule has 0 atom stereocenters. The predicted molar refractivity (Wildman–Crippen MR) is 184 cm³/mol. The fraction of sp³-hybridized carbons (Fsp3) is 0.394. The van der Waals surface area contributed by atoms with E-state index >= 15 is 0 Å². The zero-order valence-corrected chi connectivity index (χ0v) is 26.1. The number of benzene rings is 4. The van der Waals surface area contributed by atoms with Crippen molar-refractivity contribution in [3.05, 3.63) is 90.0 Å². The van der Waals surface area contributed by atoms with E-state index in [4.69, 9.17) is 0 Å². The first-order valence-electron chi connectivity index (χ1n) is 13.8. The summed E-state index contributed by atoms with van der Waals surface area (Å²) in [5.41, 5.74) is 4.18. The minimum atomic E-state index is 0.956. The van der Waals surface area contributed by atoms with Crippen molar-refractivity contribution in [2.75, 3.05) is 64.0 Å². The molecule has 0 heterocycles. The van der Waals surface area contributed by atoms with Crippen LogP contribution in [-0.2, 0) is 6.42 Å². The van der Waals surface area contributed by atoms with Crippen LogP contribution in [0.3, 0.4) is 0 Å². The highest BCUT2D eigenvalue weighted by Gasteiger charge is 2.10. The summed E-state index contributed by atoms with van der Waals surface area (Å²) in [6.07, 6.45) is 0.956. The molecule has 0 saturated carbocycles. The summed E-state index contributed by atoms with van der Waals surface area (Å²) in [5, 5.41) is 5.39. The number of rotatable bonds is 17. The molecule has 4 aromatic rings. The summed E-state index contributed by atoms with van der Waals surface area (Å²) < 4.78 is 0. The average Bonchev–Trinajstić information content (AvgIpc) is 2.96. The minimum Gasteiger partial charge on any atom is -0.370 e. The SMILES string of the molecule is CCSCCSCCN(CCSCCSCC)c1ccc(Cc2c3ccccc3cc3ccccc23)cc1. The molecule has 0 fully saturated rings. The molecule has 0 unspecified atom stereocenters. The minimum absolute atomic E-state index is 0.956. The van der Waals surface area contributed by atoms with Crippen LogP contribution in [0.4, 0.5) is 5.69 Å². The Bertz CT molecular complexity index is 1170. The van der Waals surface area contributed by atoms with Gasteiger partial charge in [0.15, 0.2) is 0 Å². The van der Waals surface area contributed by atoms with Gasteiger partial charge in [-0.25, -0.2) is 0 Å². The van der Waals surface area contributed by atoms with E-state index in [0.29, 0.717) is 0 Å². The summed E-state index contributed by atoms with van der Waals surface area (Å²) in [7, 11) is 0. The van der Waals surface area contributed by atoms with Crippen molar-refractivity contribution < 1.29 is 0 Å². The lowest BCUT2D eigenvalue weighted by Gasteiger charge is -2.25. The molecular weight excluding hydrogens is 539 g/mol. The van der Waals surface area contributed by atoms with Crippen LogP contribution in [-0.4, -0.2) is 59.1 Å². The topological polar surface area (TPSA) is 3.24 Å². The number of fused-ring (bicyclic) bond motifs is 2. The standard InChI is InChI=1S/C33H41NS4/c1-3-35-21-23-37-19-17-34(18-20-38-24-22-36-4-2)30-15-13-27(14-16-30)25-33-31-11-7-5-9-28(31)26-29-10-6-8-12-32(29)33/h5-16,26H,3-4,17-25H2,1-2H3. The van der Waals surface area contributed by atoms with Crippen molar-refractivity contribution in [1.82, 2.24) is 0 Å². The summed E-state index contributed by atoms with van der Waals surface area (Å²) in [5.74, 6) is 9.89. The van der Waals surface area contributed by atoms with E-state index in [2.05, 4.69) is 145 Å². The number of nitrogens with zero attached hydrogens (tertiary/aromatic N) is 1. The quantitative estimate of drug-likeness (QED) is 0.0903. The molecule has 0 amide bonds. The Morgan fingerprint density at radius 3 is 1.58 bits per heavy atom. The van der Waals surface area contributed by atoms with Crippen molar-refractivity contribution in [2.24, 2.45) is 0 Å². The lowest BCUT2D eigenvalue weighted by molar-refractivity contribution is 0.878. The molecule has 0 aliphatic heterocycles. The van der Waals surface area contributed by atoms with Crippen molar-refractivity contribution in [1.29, 1.82) is 0 Å². The maximum Gasteiger partial charge on any atom is 0.0366 e. The second-order valence-corrected chi connectivity index (χ2v) is 14.5. The molecule has 0 aromatic heterocycles. The van der Waals surface area contributed by atoms with Crippen LogP contribution in [0.25, 0.3) is 21.5 Å². The van der Waals surface area contributed by atoms with Gasteiger partial charge in [0.05, 0.1) is 0 Å². The van der Waals surface area contributed by atoms with Crippen molar-refractivity contribution in [3.8, 4) is 0 Å². The fourth-order valence-electron chi connectivity index (χ4n) is 4.78. The van der Waals surface area contributed by atoms with Gasteiger partial charge >= 0.3 is 0 Å². The number of hydrogen-bond donors (Lipinski definition) is 0. The zero-order valence-electron chi connectivity index (χ0n) is 22.9. The van der Waals surface area contributed by atoms with E-state index in [1.807, 2.05) is 0 Å². The van der Waals surface area contributed by atoms with Gasteiger partial charge in [0.1, 0.15) is 0 Å². The Balaban J connectivity index is 1.45. The highest BCUT2D eigenvalue weighted by atomic mass is 32.2. The van der Waals surface area contributed by atoms with Crippen molar-refractivity contribution in [3.63, 3.8) is 0 Å². The molecule has 4 rings (SSSR count). The molecule has 4 aromatic carbocycles. The summed E-state index contributed by atoms with van der Waals surface area (Å²) >= 11 is 8.30. The third kappa shape index (κ3) is 8.81. The number of hydrogen-bond acceptors (Lipinski definition) is 5. The van der Waals surface area contributed by atoms with Crippen LogP contribution in [0.5, 0.6) is 0 Å². The summed E-state index contributed by atoms with van der Waals surface area (Å²) in [6.45, 7) is 6.75. The summed E-state index contributed by atoms with van der Waals surface area (Å²) in [6, 6.07) is 29.4. The first kappa shape index (κ1) is 29.6. The van der Waals surface area contributed by atoms with E-state index in [9.17, 15) is 0 Å². The first-order valence-corrected chi connectivity index (χ1v) is 18.5. The van der Waals surface area contributed by atoms with E-state index in [0.717, 1.165) is 19.5 Å². The second kappa shape index (κ2) is 16.6. The molecule has 202 valence electrons. The monoisotopic (exact) mass is 579 g/mol. The molecule has 0 spiro atoms. The Kier molecular flexibility index (Phi) is 13.0. The van der Waals surface area contributed by atoms with E-state index < -0.39 is 0 Å². The Morgan fingerprint density at radius 1 is 0.553 bits per heavy atom. The normalized spacial score (nSPS) is 11.4. The zero-order chi connectivity index (χ0) is 26.4. The average molecular weight is 580 g/mol. The Morgan fingerprint density at radius 2 is 1.05 bits per heavy atom. The van der Waals surface area contributed by atoms with Crippen LogP contribution < -0.4 is 4.90 Å². The van der Waals surface area contributed by atoms with Gasteiger partial charge in [-0.1, -0.05) is 74.5 Å². The first-order chi connectivity index (χ1) is 18.8. The lowest BCUT2D eigenvalue weighted by atomic mass is 9.92. The molecular formula is C33H41NS4. The molecule has 0 aliphatic carbocycles. The fourth-order valence-corrected chi connectivity index (χ4v) is 8.35. The Hall–Kier alpha value is -1.40. The molecule has 1 nitrogen and oxygen atoms in total. The molecule has 5 heteroatoms. The van der Waals surface area contributed by atoms with Crippen LogP contribution >= 0.6 is 47.0 Å². The lowest BCUT2D eigenvalue weighted by Crippen LogP contribution is -2.28. The maximum atomic E-state index is 2.61. The maximum absolute atomic E-state index is 2.61. The molecule has 0 saturated heterocycles. The van der Waals surface area contributed by atoms with Crippen LogP contribution in [0, 0.1) is 0 Å². The largest absolute Gasteiger partial charge is 0.370 e. The van der Waals surface area contributed by atoms with Gasteiger partial charge in [0, 0.05) is 53.3 Å². The predicted octanol–water partition coefficient (Wildman–Crippen LogP) is 9.36. The van der Waals surface area contributed by atoms with Crippen LogP contribution in [0.1, 0.15) is 25.0 Å².